The van der Waals surface area contributed by atoms with Gasteiger partial charge in [-0.15, -0.1) is 0 Å². The lowest BCUT2D eigenvalue weighted by atomic mass is 10.1. The van der Waals surface area contributed by atoms with E-state index in [0.717, 1.165) is 18.4 Å². The Labute approximate surface area is 111 Å². The number of carbonyl (C=O) groups excluding carboxylic acids is 1. The van der Waals surface area contributed by atoms with Crippen LogP contribution >= 0.6 is 0 Å². The summed E-state index contributed by atoms with van der Waals surface area (Å²) in [6, 6.07) is 7.16. The number of carbonyl (C=O) groups is 2. The van der Waals surface area contributed by atoms with E-state index in [4.69, 9.17) is 9.84 Å². The lowest BCUT2D eigenvalue weighted by Crippen LogP contribution is -2.37. The van der Waals surface area contributed by atoms with Crippen molar-refractivity contribution in [1.29, 1.82) is 0 Å². The summed E-state index contributed by atoms with van der Waals surface area (Å²) in [4.78, 5) is 24.5. The molecule has 1 amide bonds. The van der Waals surface area contributed by atoms with E-state index in [1.807, 2.05) is 12.1 Å². The van der Waals surface area contributed by atoms with Gasteiger partial charge in [0.1, 0.15) is 6.54 Å². The summed E-state index contributed by atoms with van der Waals surface area (Å²) in [7, 11) is 1.61. The van der Waals surface area contributed by atoms with Gasteiger partial charge in [-0.1, -0.05) is 12.1 Å². The van der Waals surface area contributed by atoms with Crippen molar-refractivity contribution in [1.82, 2.24) is 4.90 Å². The van der Waals surface area contributed by atoms with E-state index >= 15 is 0 Å². The molecule has 1 N–H and O–H groups in total. The molecule has 0 atom stereocenters. The molecule has 0 aliphatic heterocycles. The quantitative estimate of drug-likeness (QED) is 0.845. The minimum absolute atomic E-state index is 0.0854. The van der Waals surface area contributed by atoms with Crippen LogP contribution in [0.2, 0.25) is 0 Å². The zero-order valence-electron chi connectivity index (χ0n) is 10.8. The summed E-state index contributed by atoms with van der Waals surface area (Å²) in [6.07, 6.45) is 1.78. The Morgan fingerprint density at radius 1 is 1.32 bits per heavy atom. The lowest BCUT2D eigenvalue weighted by molar-refractivity contribution is -0.137. The number of hydrogen-bond donors (Lipinski definition) is 1. The number of hydrogen-bond acceptors (Lipinski definition) is 3. The molecule has 0 aromatic heterocycles. The number of carboxylic acids is 1. The zero-order valence-corrected chi connectivity index (χ0v) is 10.8. The highest BCUT2D eigenvalue weighted by Crippen LogP contribution is 2.28. The first-order valence-electron chi connectivity index (χ1n) is 6.22. The smallest absolute Gasteiger partial charge is 0.323 e. The van der Waals surface area contributed by atoms with Crippen molar-refractivity contribution in [2.75, 3.05) is 13.7 Å². The summed E-state index contributed by atoms with van der Waals surface area (Å²) in [5, 5.41) is 8.86. The normalized spacial score (nSPS) is 14.2. The van der Waals surface area contributed by atoms with E-state index in [1.54, 1.807) is 19.2 Å². The number of methoxy groups -OCH3 is 1. The molecule has 0 bridgehead atoms. The van der Waals surface area contributed by atoms with Gasteiger partial charge >= 0.3 is 5.97 Å². The Balaban J connectivity index is 2.09. The maximum absolute atomic E-state index is 12.3. The van der Waals surface area contributed by atoms with Crippen LogP contribution in [0.5, 0.6) is 0 Å². The summed E-state index contributed by atoms with van der Waals surface area (Å²) < 4.78 is 5.00. The average Bonchev–Trinajstić information content (AvgIpc) is 3.20. The molecule has 19 heavy (non-hydrogen) atoms. The third kappa shape index (κ3) is 3.54. The molecule has 0 spiro atoms. The van der Waals surface area contributed by atoms with E-state index in [9.17, 15) is 9.59 Å². The van der Waals surface area contributed by atoms with Gasteiger partial charge in [0, 0.05) is 18.7 Å². The molecule has 1 fully saturated rings. The number of amides is 1. The average molecular weight is 263 g/mol. The first kappa shape index (κ1) is 13.5. The van der Waals surface area contributed by atoms with Gasteiger partial charge in [-0.3, -0.25) is 9.59 Å². The molecular formula is C14H17NO4. The molecule has 5 nitrogen and oxygen atoms in total. The Hall–Kier alpha value is -1.88. The van der Waals surface area contributed by atoms with E-state index < -0.39 is 5.97 Å². The number of carboxylic acid groups (broad SMARTS) is 1. The number of ether oxygens (including phenoxy) is 1. The predicted octanol–water partition coefficient (Wildman–Crippen LogP) is 1.52. The summed E-state index contributed by atoms with van der Waals surface area (Å²) in [5.41, 5.74) is 1.50. The molecule has 1 aromatic carbocycles. The van der Waals surface area contributed by atoms with Gasteiger partial charge < -0.3 is 14.7 Å². The number of aliphatic carboxylic acids is 1. The van der Waals surface area contributed by atoms with Gasteiger partial charge in [0.05, 0.1) is 6.61 Å². The highest BCUT2D eigenvalue weighted by atomic mass is 16.5. The van der Waals surface area contributed by atoms with Crippen LogP contribution in [0.25, 0.3) is 0 Å². The Bertz CT molecular complexity index is 465. The fraction of sp³-hybridized carbons (Fsp3) is 0.429. The first-order valence-corrected chi connectivity index (χ1v) is 6.22. The van der Waals surface area contributed by atoms with Crippen LogP contribution in [-0.2, 0) is 16.1 Å². The molecule has 1 aliphatic carbocycles. The van der Waals surface area contributed by atoms with Gasteiger partial charge in [-0.05, 0) is 30.5 Å². The highest BCUT2D eigenvalue weighted by Gasteiger charge is 2.34. The van der Waals surface area contributed by atoms with Crippen LogP contribution in [0.4, 0.5) is 0 Å². The highest BCUT2D eigenvalue weighted by molar-refractivity contribution is 5.96. The topological polar surface area (TPSA) is 66.8 Å². The Kier molecular flexibility index (Phi) is 4.16. The Morgan fingerprint density at radius 2 is 1.95 bits per heavy atom. The largest absolute Gasteiger partial charge is 0.480 e. The molecule has 2 rings (SSSR count). The van der Waals surface area contributed by atoms with Gasteiger partial charge in [-0.25, -0.2) is 0 Å². The molecule has 102 valence electrons. The summed E-state index contributed by atoms with van der Waals surface area (Å²) in [5.74, 6) is -1.19. The molecule has 1 saturated carbocycles. The monoisotopic (exact) mass is 263 g/mol. The molecule has 0 saturated heterocycles. The van der Waals surface area contributed by atoms with Crippen molar-refractivity contribution in [3.05, 3.63) is 35.4 Å². The second-order valence-electron chi connectivity index (χ2n) is 4.69. The molecular weight excluding hydrogens is 246 g/mol. The number of benzene rings is 1. The molecule has 1 aromatic rings. The van der Waals surface area contributed by atoms with Gasteiger partial charge in [-0.2, -0.15) is 0 Å². The maximum atomic E-state index is 12.3. The van der Waals surface area contributed by atoms with Crippen molar-refractivity contribution < 1.29 is 19.4 Å². The van der Waals surface area contributed by atoms with Crippen molar-refractivity contribution in [3.63, 3.8) is 0 Å². The number of rotatable bonds is 6. The summed E-state index contributed by atoms with van der Waals surface area (Å²) >= 11 is 0. The van der Waals surface area contributed by atoms with Crippen molar-refractivity contribution in [3.8, 4) is 0 Å². The van der Waals surface area contributed by atoms with Crippen LogP contribution in [0.3, 0.4) is 0 Å². The van der Waals surface area contributed by atoms with Crippen LogP contribution < -0.4 is 0 Å². The van der Waals surface area contributed by atoms with E-state index in [-0.39, 0.29) is 18.5 Å². The van der Waals surface area contributed by atoms with Crippen molar-refractivity contribution in [2.45, 2.75) is 25.5 Å². The molecule has 0 heterocycles. The van der Waals surface area contributed by atoms with Crippen molar-refractivity contribution in [2.24, 2.45) is 0 Å². The van der Waals surface area contributed by atoms with Gasteiger partial charge in [0.2, 0.25) is 0 Å². The number of nitrogens with zero attached hydrogens (tertiary/aromatic N) is 1. The lowest BCUT2D eigenvalue weighted by Gasteiger charge is -2.20. The van der Waals surface area contributed by atoms with Crippen LogP contribution in [0, 0.1) is 0 Å². The second-order valence-corrected chi connectivity index (χ2v) is 4.69. The minimum Gasteiger partial charge on any atom is -0.480 e. The van der Waals surface area contributed by atoms with E-state index in [2.05, 4.69) is 0 Å². The SMILES string of the molecule is COCc1ccc(C(=O)N(CC(=O)O)C2CC2)cc1. The molecule has 0 unspecified atom stereocenters. The fourth-order valence-corrected chi connectivity index (χ4v) is 1.97. The zero-order chi connectivity index (χ0) is 13.8. The van der Waals surface area contributed by atoms with Gasteiger partial charge in [0.25, 0.3) is 5.91 Å². The first-order chi connectivity index (χ1) is 9.11. The maximum Gasteiger partial charge on any atom is 0.323 e. The minimum atomic E-state index is -0.976. The van der Waals surface area contributed by atoms with Crippen molar-refractivity contribution >= 4 is 11.9 Å². The standard InChI is InChI=1S/C14H17NO4/c1-19-9-10-2-4-11(5-3-10)14(18)15(8-13(16)17)12-6-7-12/h2-5,12H,6-9H2,1H3,(H,16,17). The molecule has 0 radical (unpaired) electrons. The van der Waals surface area contributed by atoms with Gasteiger partial charge in [0.15, 0.2) is 0 Å². The second kappa shape index (κ2) is 5.84. The predicted molar refractivity (Wildman–Crippen MR) is 68.8 cm³/mol. The summed E-state index contributed by atoms with van der Waals surface area (Å²) in [6.45, 7) is 0.263. The molecule has 5 heteroatoms. The third-order valence-corrected chi connectivity index (χ3v) is 3.07. The van der Waals surface area contributed by atoms with E-state index in [1.165, 1.54) is 4.90 Å². The van der Waals surface area contributed by atoms with Crippen LogP contribution in [0.15, 0.2) is 24.3 Å². The Morgan fingerprint density at radius 3 is 2.42 bits per heavy atom. The molecule has 1 aliphatic rings. The van der Waals surface area contributed by atoms with Crippen LogP contribution in [0.1, 0.15) is 28.8 Å². The third-order valence-electron chi connectivity index (χ3n) is 3.07. The fourth-order valence-electron chi connectivity index (χ4n) is 1.97. The van der Waals surface area contributed by atoms with Crippen LogP contribution in [-0.4, -0.2) is 41.6 Å². The van der Waals surface area contributed by atoms with E-state index in [0.29, 0.717) is 12.2 Å².